The van der Waals surface area contributed by atoms with E-state index in [9.17, 15) is 4.79 Å². The summed E-state index contributed by atoms with van der Waals surface area (Å²) in [6, 6.07) is 0. The maximum absolute atomic E-state index is 11.2. The van der Waals surface area contributed by atoms with E-state index in [-0.39, 0.29) is 6.61 Å². The lowest BCUT2D eigenvalue weighted by Gasteiger charge is -2.21. The van der Waals surface area contributed by atoms with Crippen molar-refractivity contribution in [2.45, 2.75) is 35.9 Å². The number of hydrogen-bond donors (Lipinski definition) is 1. The van der Waals surface area contributed by atoms with Crippen molar-refractivity contribution < 1.29 is 9.53 Å². The van der Waals surface area contributed by atoms with Crippen LogP contribution in [0.25, 0.3) is 0 Å². The molecule has 0 atom stereocenters. The Kier molecular flexibility index (Phi) is 6.01. The number of alkyl carbamates (subject to hydrolysis) is 1. The molecule has 1 fully saturated rings. The number of rotatable bonds is 3. The van der Waals surface area contributed by atoms with Crippen molar-refractivity contribution in [3.8, 4) is 0 Å². The van der Waals surface area contributed by atoms with E-state index in [1.807, 2.05) is 0 Å². The Morgan fingerprint density at radius 1 is 1.25 bits per heavy atom. The zero-order valence-electron chi connectivity index (χ0n) is 8.98. The third-order valence-corrected chi connectivity index (χ3v) is 2.95. The second-order valence-corrected chi connectivity index (χ2v) is 6.59. The number of amides is 1. The molecule has 3 nitrogen and oxygen atoms in total. The van der Waals surface area contributed by atoms with E-state index in [0.29, 0.717) is 12.5 Å². The first-order valence-corrected chi connectivity index (χ1v) is 6.58. The molecule has 0 aromatic heterocycles. The fourth-order valence-electron chi connectivity index (χ4n) is 1.82. The second kappa shape index (κ2) is 6.77. The average molecular weight is 289 g/mol. The highest BCUT2D eigenvalue weighted by Gasteiger charge is 2.22. The van der Waals surface area contributed by atoms with Crippen LogP contribution in [0.3, 0.4) is 0 Å². The first kappa shape index (κ1) is 14.2. The van der Waals surface area contributed by atoms with Gasteiger partial charge in [0.15, 0.2) is 0 Å². The summed E-state index contributed by atoms with van der Waals surface area (Å²) in [7, 11) is 0. The largest absolute Gasteiger partial charge is 0.445 e. The highest BCUT2D eigenvalue weighted by atomic mass is 35.6. The van der Waals surface area contributed by atoms with Crippen LogP contribution in [0.2, 0.25) is 0 Å². The van der Waals surface area contributed by atoms with Crippen LogP contribution in [0.5, 0.6) is 0 Å². The number of hydrogen-bond acceptors (Lipinski definition) is 2. The predicted molar refractivity (Wildman–Crippen MR) is 66.2 cm³/mol. The summed E-state index contributed by atoms with van der Waals surface area (Å²) >= 11 is 16.4. The molecule has 94 valence electrons. The number of alkyl halides is 3. The van der Waals surface area contributed by atoms with Gasteiger partial charge < -0.3 is 10.1 Å². The van der Waals surface area contributed by atoms with Gasteiger partial charge in [-0.05, 0) is 18.8 Å². The molecule has 0 aromatic carbocycles. The molecule has 1 aliphatic rings. The van der Waals surface area contributed by atoms with Gasteiger partial charge >= 0.3 is 6.09 Å². The molecule has 0 aromatic rings. The molecule has 1 rings (SSSR count). The molecule has 16 heavy (non-hydrogen) atoms. The SMILES string of the molecule is O=C(NCC1CCCCC1)OCC(Cl)(Cl)Cl. The molecule has 1 aliphatic carbocycles. The maximum atomic E-state index is 11.2. The Labute approximate surface area is 111 Å². The normalized spacial score (nSPS) is 18.2. The van der Waals surface area contributed by atoms with E-state index in [2.05, 4.69) is 5.32 Å². The van der Waals surface area contributed by atoms with Crippen LogP contribution in [0.1, 0.15) is 32.1 Å². The van der Waals surface area contributed by atoms with Crippen LogP contribution in [0.15, 0.2) is 0 Å². The van der Waals surface area contributed by atoms with Gasteiger partial charge in [0.1, 0.15) is 6.61 Å². The summed E-state index contributed by atoms with van der Waals surface area (Å²) in [4.78, 5) is 11.2. The van der Waals surface area contributed by atoms with Crippen LogP contribution < -0.4 is 5.32 Å². The van der Waals surface area contributed by atoms with E-state index < -0.39 is 9.89 Å². The van der Waals surface area contributed by atoms with Gasteiger partial charge in [0.05, 0.1) is 0 Å². The van der Waals surface area contributed by atoms with Crippen molar-refractivity contribution in [1.29, 1.82) is 0 Å². The first-order valence-electron chi connectivity index (χ1n) is 5.45. The Morgan fingerprint density at radius 2 is 1.88 bits per heavy atom. The number of carbonyl (C=O) groups is 1. The lowest BCUT2D eigenvalue weighted by Crippen LogP contribution is -2.32. The Balaban J connectivity index is 2.09. The zero-order valence-corrected chi connectivity index (χ0v) is 11.2. The lowest BCUT2D eigenvalue weighted by molar-refractivity contribution is 0.145. The molecule has 0 aliphatic heterocycles. The van der Waals surface area contributed by atoms with Crippen LogP contribution in [-0.2, 0) is 4.74 Å². The summed E-state index contributed by atoms with van der Waals surface area (Å²) in [5, 5.41) is 2.69. The van der Waals surface area contributed by atoms with Crippen molar-refractivity contribution in [3.05, 3.63) is 0 Å². The van der Waals surface area contributed by atoms with Crippen molar-refractivity contribution in [3.63, 3.8) is 0 Å². The van der Waals surface area contributed by atoms with Gasteiger partial charge in [-0.15, -0.1) is 0 Å². The van der Waals surface area contributed by atoms with E-state index >= 15 is 0 Å². The molecule has 0 spiro atoms. The van der Waals surface area contributed by atoms with Crippen LogP contribution >= 0.6 is 34.8 Å². The van der Waals surface area contributed by atoms with E-state index in [4.69, 9.17) is 39.5 Å². The third kappa shape index (κ3) is 6.66. The summed E-state index contributed by atoms with van der Waals surface area (Å²) in [5.41, 5.74) is 0. The topological polar surface area (TPSA) is 38.3 Å². The van der Waals surface area contributed by atoms with E-state index in [1.165, 1.54) is 32.1 Å². The number of nitrogens with one attached hydrogen (secondary N) is 1. The van der Waals surface area contributed by atoms with Crippen LogP contribution in [0, 0.1) is 5.92 Å². The summed E-state index contributed by atoms with van der Waals surface area (Å²) < 4.78 is 3.21. The minimum Gasteiger partial charge on any atom is -0.445 e. The highest BCUT2D eigenvalue weighted by molar-refractivity contribution is 6.67. The fourth-order valence-corrected chi connectivity index (χ4v) is 1.98. The fraction of sp³-hybridized carbons (Fsp3) is 0.900. The summed E-state index contributed by atoms with van der Waals surface area (Å²) in [6.45, 7) is 0.423. The molecule has 0 bridgehead atoms. The minimum atomic E-state index is -1.54. The summed E-state index contributed by atoms with van der Waals surface area (Å²) in [6.07, 6.45) is 5.62. The maximum Gasteiger partial charge on any atom is 0.407 e. The highest BCUT2D eigenvalue weighted by Crippen LogP contribution is 2.26. The number of halogens is 3. The smallest absolute Gasteiger partial charge is 0.407 e. The molecular formula is C10H16Cl3NO2. The van der Waals surface area contributed by atoms with Gasteiger partial charge in [-0.3, -0.25) is 0 Å². The number of ether oxygens (including phenoxy) is 1. The standard InChI is InChI=1S/C10H16Cl3NO2/c11-10(12,13)7-16-9(15)14-6-8-4-2-1-3-5-8/h8H,1-7H2,(H,14,15). The Morgan fingerprint density at radius 3 is 2.44 bits per heavy atom. The minimum absolute atomic E-state index is 0.228. The third-order valence-electron chi connectivity index (χ3n) is 2.63. The quantitative estimate of drug-likeness (QED) is 0.805. The molecule has 1 N–H and O–H groups in total. The molecule has 1 saturated carbocycles. The van der Waals surface area contributed by atoms with Crippen LogP contribution in [-0.4, -0.2) is 23.0 Å². The predicted octanol–water partition coefficient (Wildman–Crippen LogP) is 3.66. The van der Waals surface area contributed by atoms with Crippen molar-refractivity contribution in [2.24, 2.45) is 5.92 Å². The van der Waals surface area contributed by atoms with Gasteiger partial charge in [0.25, 0.3) is 0 Å². The van der Waals surface area contributed by atoms with Crippen molar-refractivity contribution in [2.75, 3.05) is 13.2 Å². The monoisotopic (exact) mass is 287 g/mol. The molecule has 0 radical (unpaired) electrons. The first-order chi connectivity index (χ1) is 7.47. The van der Waals surface area contributed by atoms with Crippen LogP contribution in [0.4, 0.5) is 4.79 Å². The van der Waals surface area contributed by atoms with Gasteiger partial charge in [0.2, 0.25) is 3.79 Å². The molecule has 0 unspecified atom stereocenters. The molecular weight excluding hydrogens is 272 g/mol. The van der Waals surface area contributed by atoms with Gasteiger partial charge in [0, 0.05) is 6.54 Å². The Hall–Kier alpha value is 0.140. The second-order valence-electron chi connectivity index (χ2n) is 4.08. The molecule has 0 saturated heterocycles. The molecule has 0 heterocycles. The molecule has 6 heteroatoms. The lowest BCUT2D eigenvalue weighted by atomic mass is 9.89. The summed E-state index contributed by atoms with van der Waals surface area (Å²) in [5.74, 6) is 0.564. The Bertz CT molecular complexity index is 225. The van der Waals surface area contributed by atoms with Gasteiger partial charge in [-0.2, -0.15) is 0 Å². The van der Waals surface area contributed by atoms with E-state index in [1.54, 1.807) is 0 Å². The number of carbonyl (C=O) groups excluding carboxylic acids is 1. The van der Waals surface area contributed by atoms with Crippen molar-refractivity contribution in [1.82, 2.24) is 5.32 Å². The average Bonchev–Trinajstić information content (AvgIpc) is 2.24. The van der Waals surface area contributed by atoms with E-state index in [0.717, 1.165) is 0 Å². The van der Waals surface area contributed by atoms with Crippen molar-refractivity contribution >= 4 is 40.9 Å². The van der Waals surface area contributed by atoms with Gasteiger partial charge in [-0.1, -0.05) is 54.1 Å². The van der Waals surface area contributed by atoms with Gasteiger partial charge in [-0.25, -0.2) is 4.79 Å². The zero-order chi connectivity index (χ0) is 12.0. The molecule has 1 amide bonds.